The van der Waals surface area contributed by atoms with E-state index >= 15 is 0 Å². The van der Waals surface area contributed by atoms with Gasteiger partial charge in [-0.25, -0.2) is 9.69 Å². The van der Waals surface area contributed by atoms with Crippen molar-refractivity contribution in [3.63, 3.8) is 0 Å². The summed E-state index contributed by atoms with van der Waals surface area (Å²) in [6, 6.07) is 8.23. The third kappa shape index (κ3) is 2.68. The van der Waals surface area contributed by atoms with Crippen molar-refractivity contribution in [3.05, 3.63) is 57.3 Å². The van der Waals surface area contributed by atoms with Gasteiger partial charge < -0.3 is 0 Å². The predicted molar refractivity (Wildman–Crippen MR) is 89.2 cm³/mol. The van der Waals surface area contributed by atoms with Gasteiger partial charge in [0.1, 0.15) is 5.57 Å². The monoisotopic (exact) mass is 326 g/mol. The number of amides is 4. The molecule has 1 saturated heterocycles. The summed E-state index contributed by atoms with van der Waals surface area (Å²) >= 11 is 1.44. The van der Waals surface area contributed by atoms with E-state index in [1.807, 2.05) is 24.4 Å². The molecule has 0 aliphatic carbocycles. The standard InChI is InChI=1S/C17H14N2O3S/c1-10-5-3-4-6-13(10)19-16(21)12(15(20)18-17(19)22)9-14-11(2)7-8-23-14/h3-9H,1-2H3,(H,18,20,22). The molecule has 0 saturated carbocycles. The van der Waals surface area contributed by atoms with Crippen molar-refractivity contribution in [2.45, 2.75) is 13.8 Å². The molecule has 23 heavy (non-hydrogen) atoms. The summed E-state index contributed by atoms with van der Waals surface area (Å²) in [5, 5.41) is 4.12. The number of nitrogens with one attached hydrogen (secondary N) is 1. The van der Waals surface area contributed by atoms with Crippen molar-refractivity contribution in [1.29, 1.82) is 0 Å². The normalized spacial score (nSPS) is 16.9. The van der Waals surface area contributed by atoms with Crippen LogP contribution in [0.2, 0.25) is 0 Å². The Labute approximate surface area is 137 Å². The van der Waals surface area contributed by atoms with Crippen LogP contribution in [0.3, 0.4) is 0 Å². The lowest BCUT2D eigenvalue weighted by Gasteiger charge is -2.27. The second-order valence-electron chi connectivity index (χ2n) is 5.21. The molecule has 1 aromatic carbocycles. The molecular weight excluding hydrogens is 312 g/mol. The van der Waals surface area contributed by atoms with Gasteiger partial charge in [0.25, 0.3) is 11.8 Å². The van der Waals surface area contributed by atoms with Crippen LogP contribution in [0.4, 0.5) is 10.5 Å². The Bertz CT molecular complexity index is 851. The fourth-order valence-electron chi connectivity index (χ4n) is 2.35. The smallest absolute Gasteiger partial charge is 0.273 e. The van der Waals surface area contributed by atoms with Crippen molar-refractivity contribution in [3.8, 4) is 0 Å². The number of benzene rings is 1. The van der Waals surface area contributed by atoms with Crippen LogP contribution < -0.4 is 10.2 Å². The molecule has 0 spiro atoms. The second kappa shape index (κ2) is 5.81. The number of barbiturate groups is 1. The maximum atomic E-state index is 12.7. The van der Waals surface area contributed by atoms with Gasteiger partial charge in [0.2, 0.25) is 0 Å². The van der Waals surface area contributed by atoms with Crippen molar-refractivity contribution in [2.75, 3.05) is 4.90 Å². The molecule has 5 nitrogen and oxygen atoms in total. The molecule has 2 heterocycles. The first-order valence-electron chi connectivity index (χ1n) is 7.00. The van der Waals surface area contributed by atoms with E-state index < -0.39 is 17.8 Å². The van der Waals surface area contributed by atoms with Crippen LogP contribution in [0.1, 0.15) is 16.0 Å². The third-order valence-electron chi connectivity index (χ3n) is 3.64. The van der Waals surface area contributed by atoms with E-state index in [1.54, 1.807) is 25.1 Å². The van der Waals surface area contributed by atoms with Gasteiger partial charge in [-0.05, 0) is 48.6 Å². The molecule has 0 radical (unpaired) electrons. The van der Waals surface area contributed by atoms with Gasteiger partial charge in [0.15, 0.2) is 0 Å². The van der Waals surface area contributed by atoms with Crippen LogP contribution in [0.15, 0.2) is 41.3 Å². The van der Waals surface area contributed by atoms with Crippen molar-refractivity contribution >= 4 is 40.9 Å². The molecule has 1 N–H and O–H groups in total. The Morgan fingerprint density at radius 1 is 1.04 bits per heavy atom. The number of urea groups is 1. The van der Waals surface area contributed by atoms with E-state index in [0.29, 0.717) is 5.69 Å². The number of imide groups is 2. The number of hydrogen-bond acceptors (Lipinski definition) is 4. The molecule has 4 amide bonds. The second-order valence-corrected chi connectivity index (χ2v) is 6.16. The van der Waals surface area contributed by atoms with E-state index in [1.165, 1.54) is 17.4 Å². The van der Waals surface area contributed by atoms with Gasteiger partial charge in [-0.15, -0.1) is 11.3 Å². The minimum absolute atomic E-state index is 0.0431. The molecule has 0 bridgehead atoms. The number of nitrogens with zero attached hydrogens (tertiary/aromatic N) is 1. The number of hydrogen-bond donors (Lipinski definition) is 1. The first kappa shape index (κ1) is 15.2. The molecular formula is C17H14N2O3S. The van der Waals surface area contributed by atoms with Crippen molar-refractivity contribution in [1.82, 2.24) is 5.32 Å². The summed E-state index contributed by atoms with van der Waals surface area (Å²) in [7, 11) is 0. The zero-order chi connectivity index (χ0) is 16.6. The highest BCUT2D eigenvalue weighted by molar-refractivity contribution is 7.11. The number of para-hydroxylation sites is 1. The van der Waals surface area contributed by atoms with Gasteiger partial charge in [0, 0.05) is 4.88 Å². The fraction of sp³-hybridized carbons (Fsp3) is 0.118. The molecule has 0 atom stereocenters. The Kier molecular flexibility index (Phi) is 3.83. The van der Waals surface area contributed by atoms with Crippen LogP contribution in [-0.4, -0.2) is 17.8 Å². The largest absolute Gasteiger partial charge is 0.335 e. The zero-order valence-corrected chi connectivity index (χ0v) is 13.4. The summed E-state index contributed by atoms with van der Waals surface area (Å²) in [6.45, 7) is 3.71. The van der Waals surface area contributed by atoms with E-state index in [0.717, 1.165) is 20.9 Å². The van der Waals surface area contributed by atoms with E-state index in [-0.39, 0.29) is 5.57 Å². The minimum Gasteiger partial charge on any atom is -0.273 e. The van der Waals surface area contributed by atoms with E-state index in [4.69, 9.17) is 0 Å². The average molecular weight is 326 g/mol. The van der Waals surface area contributed by atoms with Gasteiger partial charge in [-0.2, -0.15) is 0 Å². The topological polar surface area (TPSA) is 66.5 Å². The molecule has 3 rings (SSSR count). The van der Waals surface area contributed by atoms with E-state index in [9.17, 15) is 14.4 Å². The van der Waals surface area contributed by atoms with Crippen LogP contribution in [0.5, 0.6) is 0 Å². The summed E-state index contributed by atoms with van der Waals surface area (Å²) in [6.07, 6.45) is 1.54. The highest BCUT2D eigenvalue weighted by atomic mass is 32.1. The number of rotatable bonds is 2. The van der Waals surface area contributed by atoms with Crippen LogP contribution >= 0.6 is 11.3 Å². The summed E-state index contributed by atoms with van der Waals surface area (Å²) < 4.78 is 0. The quantitative estimate of drug-likeness (QED) is 0.681. The summed E-state index contributed by atoms with van der Waals surface area (Å²) in [5.74, 6) is -1.28. The highest BCUT2D eigenvalue weighted by Gasteiger charge is 2.37. The molecule has 1 fully saturated rings. The molecule has 116 valence electrons. The number of aryl methyl sites for hydroxylation is 2. The number of anilines is 1. The van der Waals surface area contributed by atoms with Crippen LogP contribution in [0, 0.1) is 13.8 Å². The minimum atomic E-state index is -0.727. The lowest BCUT2D eigenvalue weighted by Crippen LogP contribution is -2.54. The number of thiophene rings is 1. The van der Waals surface area contributed by atoms with Gasteiger partial charge in [0.05, 0.1) is 5.69 Å². The lowest BCUT2D eigenvalue weighted by atomic mass is 10.1. The lowest BCUT2D eigenvalue weighted by molar-refractivity contribution is -0.122. The predicted octanol–water partition coefficient (Wildman–Crippen LogP) is 3.03. The Morgan fingerprint density at radius 3 is 2.43 bits per heavy atom. The molecule has 6 heteroatoms. The molecule has 0 unspecified atom stereocenters. The zero-order valence-electron chi connectivity index (χ0n) is 12.6. The summed E-state index contributed by atoms with van der Waals surface area (Å²) in [4.78, 5) is 38.7. The van der Waals surface area contributed by atoms with Gasteiger partial charge in [-0.3, -0.25) is 14.9 Å². The molecule has 1 aromatic heterocycles. The maximum absolute atomic E-state index is 12.7. The van der Waals surface area contributed by atoms with Crippen molar-refractivity contribution < 1.29 is 14.4 Å². The number of carbonyl (C=O) groups excluding carboxylic acids is 3. The highest BCUT2D eigenvalue weighted by Crippen LogP contribution is 2.26. The Hall–Kier alpha value is -2.73. The van der Waals surface area contributed by atoms with Gasteiger partial charge in [-0.1, -0.05) is 18.2 Å². The Morgan fingerprint density at radius 2 is 1.78 bits per heavy atom. The first-order chi connectivity index (χ1) is 11.0. The van der Waals surface area contributed by atoms with Crippen LogP contribution in [-0.2, 0) is 9.59 Å². The summed E-state index contributed by atoms with van der Waals surface area (Å²) in [5.41, 5.74) is 2.18. The Balaban J connectivity index is 2.07. The third-order valence-corrected chi connectivity index (χ3v) is 4.60. The number of carbonyl (C=O) groups is 3. The molecule has 2 aromatic rings. The van der Waals surface area contributed by atoms with Crippen molar-refractivity contribution in [2.24, 2.45) is 0 Å². The maximum Gasteiger partial charge on any atom is 0.335 e. The SMILES string of the molecule is Cc1ccccc1N1C(=O)NC(=O)C(=Cc2sccc2C)C1=O. The van der Waals surface area contributed by atoms with E-state index in [2.05, 4.69) is 5.32 Å². The molecule has 1 aliphatic rings. The molecule has 1 aliphatic heterocycles. The van der Waals surface area contributed by atoms with Gasteiger partial charge >= 0.3 is 6.03 Å². The average Bonchev–Trinajstić information content (AvgIpc) is 2.90. The first-order valence-corrected chi connectivity index (χ1v) is 7.88. The van der Waals surface area contributed by atoms with Crippen LogP contribution in [0.25, 0.3) is 6.08 Å². The fourth-order valence-corrected chi connectivity index (χ4v) is 3.21.